The van der Waals surface area contributed by atoms with Crippen LogP contribution >= 0.6 is 0 Å². The zero-order chi connectivity index (χ0) is 20.8. The van der Waals surface area contributed by atoms with Crippen molar-refractivity contribution in [3.63, 3.8) is 0 Å². The van der Waals surface area contributed by atoms with Crippen LogP contribution in [0.3, 0.4) is 0 Å². The van der Waals surface area contributed by atoms with Crippen LogP contribution in [0.25, 0.3) is 11.3 Å². The molecule has 0 fully saturated rings. The third-order valence-electron chi connectivity index (χ3n) is 4.49. The van der Waals surface area contributed by atoms with Crippen molar-refractivity contribution >= 4 is 11.7 Å². The van der Waals surface area contributed by atoms with Gasteiger partial charge in [0.2, 0.25) is 5.88 Å². The molecule has 2 aromatic carbocycles. The Morgan fingerprint density at radius 2 is 1.76 bits per heavy atom. The van der Waals surface area contributed by atoms with Crippen molar-refractivity contribution in [2.45, 2.75) is 20.4 Å². The highest BCUT2D eigenvalue weighted by molar-refractivity contribution is 5.69. The van der Waals surface area contributed by atoms with E-state index in [2.05, 4.69) is 10.3 Å². The zero-order valence-electron chi connectivity index (χ0n) is 16.7. The van der Waals surface area contributed by atoms with Crippen molar-refractivity contribution in [1.29, 1.82) is 0 Å². The molecule has 0 spiro atoms. The monoisotopic (exact) mass is 392 g/mol. The van der Waals surface area contributed by atoms with Gasteiger partial charge in [0.15, 0.2) is 6.61 Å². The van der Waals surface area contributed by atoms with Gasteiger partial charge in [0, 0.05) is 23.4 Å². The van der Waals surface area contributed by atoms with Gasteiger partial charge in [0.1, 0.15) is 5.75 Å². The predicted molar refractivity (Wildman–Crippen MR) is 113 cm³/mol. The van der Waals surface area contributed by atoms with Gasteiger partial charge in [-0.25, -0.2) is 9.78 Å². The van der Waals surface area contributed by atoms with E-state index in [1.54, 1.807) is 7.11 Å². The molecule has 0 aliphatic rings. The van der Waals surface area contributed by atoms with E-state index in [1.807, 2.05) is 68.4 Å². The minimum atomic E-state index is -0.996. The summed E-state index contributed by atoms with van der Waals surface area (Å²) in [6, 6.07) is 17.8. The SMILES string of the molecule is COc1nc(-c2ccccc2)ccc1CNc1cc(C)c(OCC(=O)O)c(C)c1. The highest BCUT2D eigenvalue weighted by Gasteiger charge is 2.11. The fourth-order valence-electron chi connectivity index (χ4n) is 3.16. The molecule has 1 heterocycles. The summed E-state index contributed by atoms with van der Waals surface area (Å²) in [5.41, 5.74) is 5.49. The number of carboxylic acids is 1. The maximum absolute atomic E-state index is 10.7. The lowest BCUT2D eigenvalue weighted by molar-refractivity contribution is -0.139. The molecule has 0 unspecified atom stereocenters. The molecule has 0 bridgehead atoms. The smallest absolute Gasteiger partial charge is 0.341 e. The molecule has 0 saturated carbocycles. The summed E-state index contributed by atoms with van der Waals surface area (Å²) < 4.78 is 10.9. The van der Waals surface area contributed by atoms with Gasteiger partial charge in [-0.1, -0.05) is 30.3 Å². The number of carboxylic acid groups (broad SMARTS) is 1. The van der Waals surface area contributed by atoms with Crippen LogP contribution < -0.4 is 14.8 Å². The molecule has 3 aromatic rings. The van der Waals surface area contributed by atoms with Gasteiger partial charge < -0.3 is 19.9 Å². The molecular formula is C23H24N2O4. The lowest BCUT2D eigenvalue weighted by Gasteiger charge is -2.15. The summed E-state index contributed by atoms with van der Waals surface area (Å²) in [4.78, 5) is 15.4. The molecule has 0 aliphatic carbocycles. The second-order valence-electron chi connectivity index (χ2n) is 6.71. The molecule has 0 aliphatic heterocycles. The Morgan fingerprint density at radius 3 is 2.38 bits per heavy atom. The number of hydrogen-bond acceptors (Lipinski definition) is 5. The number of hydrogen-bond donors (Lipinski definition) is 2. The van der Waals surface area contributed by atoms with E-state index < -0.39 is 5.97 Å². The minimum Gasteiger partial charge on any atom is -0.481 e. The van der Waals surface area contributed by atoms with Gasteiger partial charge in [-0.3, -0.25) is 0 Å². The van der Waals surface area contributed by atoms with Crippen LogP contribution in [0.15, 0.2) is 54.6 Å². The van der Waals surface area contributed by atoms with Crippen molar-refractivity contribution in [3.05, 3.63) is 71.3 Å². The Bertz CT molecular complexity index is 980. The van der Waals surface area contributed by atoms with E-state index in [0.717, 1.165) is 33.6 Å². The quantitative estimate of drug-likeness (QED) is 0.590. The van der Waals surface area contributed by atoms with Crippen molar-refractivity contribution in [3.8, 4) is 22.9 Å². The Hall–Kier alpha value is -3.54. The van der Waals surface area contributed by atoms with Gasteiger partial charge in [-0.05, 0) is 49.2 Å². The Kier molecular flexibility index (Phi) is 6.34. The molecule has 0 saturated heterocycles. The molecule has 6 heteroatoms. The van der Waals surface area contributed by atoms with Crippen LogP contribution in [0.1, 0.15) is 16.7 Å². The molecule has 6 nitrogen and oxygen atoms in total. The van der Waals surface area contributed by atoms with Gasteiger partial charge in [0.05, 0.1) is 12.8 Å². The summed E-state index contributed by atoms with van der Waals surface area (Å²) in [7, 11) is 1.61. The van der Waals surface area contributed by atoms with E-state index in [0.29, 0.717) is 18.2 Å². The number of nitrogens with one attached hydrogen (secondary N) is 1. The van der Waals surface area contributed by atoms with Gasteiger partial charge in [0.25, 0.3) is 0 Å². The molecule has 2 N–H and O–H groups in total. The molecule has 3 rings (SSSR count). The first kappa shape index (κ1) is 20.2. The zero-order valence-corrected chi connectivity index (χ0v) is 16.7. The van der Waals surface area contributed by atoms with Crippen LogP contribution in [0.4, 0.5) is 5.69 Å². The molecule has 1 aromatic heterocycles. The number of carbonyl (C=O) groups is 1. The van der Waals surface area contributed by atoms with Crippen molar-refractivity contribution in [2.75, 3.05) is 19.0 Å². The number of methoxy groups -OCH3 is 1. The number of aliphatic carboxylic acids is 1. The maximum atomic E-state index is 10.7. The molecule has 150 valence electrons. The summed E-state index contributed by atoms with van der Waals surface area (Å²) in [5.74, 6) is 0.183. The highest BCUT2D eigenvalue weighted by Crippen LogP contribution is 2.28. The number of anilines is 1. The number of aryl methyl sites for hydroxylation is 2. The van der Waals surface area contributed by atoms with Crippen molar-refractivity contribution in [1.82, 2.24) is 4.98 Å². The fraction of sp³-hybridized carbons (Fsp3) is 0.217. The van der Waals surface area contributed by atoms with Crippen LogP contribution in [0.2, 0.25) is 0 Å². The topological polar surface area (TPSA) is 80.7 Å². The van der Waals surface area contributed by atoms with Crippen molar-refractivity contribution < 1.29 is 19.4 Å². The van der Waals surface area contributed by atoms with Gasteiger partial charge >= 0.3 is 5.97 Å². The van der Waals surface area contributed by atoms with Crippen molar-refractivity contribution in [2.24, 2.45) is 0 Å². The Balaban J connectivity index is 1.75. The van der Waals surface area contributed by atoms with E-state index in [-0.39, 0.29) is 6.61 Å². The first-order valence-corrected chi connectivity index (χ1v) is 9.27. The highest BCUT2D eigenvalue weighted by atomic mass is 16.5. The van der Waals surface area contributed by atoms with E-state index in [9.17, 15) is 4.79 Å². The summed E-state index contributed by atoms with van der Waals surface area (Å²) in [5, 5.41) is 12.2. The molecule has 0 amide bonds. The van der Waals surface area contributed by atoms with Gasteiger partial charge in [-0.15, -0.1) is 0 Å². The lowest BCUT2D eigenvalue weighted by atomic mass is 10.1. The number of pyridine rings is 1. The largest absolute Gasteiger partial charge is 0.481 e. The van der Waals surface area contributed by atoms with Crippen LogP contribution in [-0.4, -0.2) is 29.8 Å². The second kappa shape index (κ2) is 9.10. The Labute approximate surface area is 170 Å². The van der Waals surface area contributed by atoms with E-state index in [1.165, 1.54) is 0 Å². The maximum Gasteiger partial charge on any atom is 0.341 e. The number of benzene rings is 2. The number of nitrogens with zero attached hydrogens (tertiary/aromatic N) is 1. The fourth-order valence-corrected chi connectivity index (χ4v) is 3.16. The van der Waals surface area contributed by atoms with Crippen LogP contribution in [0, 0.1) is 13.8 Å². The third-order valence-corrected chi connectivity index (χ3v) is 4.49. The number of ether oxygens (including phenoxy) is 2. The molecule has 0 radical (unpaired) electrons. The normalized spacial score (nSPS) is 10.4. The molecule has 0 atom stereocenters. The average Bonchev–Trinajstić information content (AvgIpc) is 2.72. The average molecular weight is 392 g/mol. The predicted octanol–water partition coefficient (Wildman–Crippen LogP) is 4.45. The van der Waals surface area contributed by atoms with Crippen LogP contribution in [-0.2, 0) is 11.3 Å². The summed E-state index contributed by atoms with van der Waals surface area (Å²) in [6.07, 6.45) is 0. The van der Waals surface area contributed by atoms with E-state index >= 15 is 0 Å². The number of aromatic nitrogens is 1. The van der Waals surface area contributed by atoms with E-state index in [4.69, 9.17) is 14.6 Å². The van der Waals surface area contributed by atoms with Crippen LogP contribution in [0.5, 0.6) is 11.6 Å². The minimum absolute atomic E-state index is 0.356. The molecule has 29 heavy (non-hydrogen) atoms. The summed E-state index contributed by atoms with van der Waals surface area (Å²) in [6.45, 7) is 3.98. The first-order valence-electron chi connectivity index (χ1n) is 9.27. The van der Waals surface area contributed by atoms with Gasteiger partial charge in [-0.2, -0.15) is 0 Å². The summed E-state index contributed by atoms with van der Waals surface area (Å²) >= 11 is 0. The molecular weight excluding hydrogens is 368 g/mol. The standard InChI is InChI=1S/C23H24N2O4/c1-15-11-19(12-16(2)22(15)29-14-21(26)27)24-13-18-9-10-20(25-23(18)28-3)17-7-5-4-6-8-17/h4-12,24H,13-14H2,1-3H3,(H,26,27). The second-order valence-corrected chi connectivity index (χ2v) is 6.71. The lowest BCUT2D eigenvalue weighted by Crippen LogP contribution is -2.11. The third kappa shape index (κ3) is 5.04. The Morgan fingerprint density at radius 1 is 1.07 bits per heavy atom. The number of rotatable bonds is 8. The first-order chi connectivity index (χ1) is 14.0.